The number of benzene rings is 1. The van der Waals surface area contributed by atoms with E-state index in [4.69, 9.17) is 9.57 Å². The molecule has 1 fully saturated rings. The molecule has 0 amide bonds. The monoisotopic (exact) mass is 222 g/mol. The van der Waals surface area contributed by atoms with Crippen LogP contribution in [0.4, 0.5) is 0 Å². The first-order chi connectivity index (χ1) is 7.79. The van der Waals surface area contributed by atoms with Crippen molar-refractivity contribution in [3.05, 3.63) is 29.8 Å². The van der Waals surface area contributed by atoms with Gasteiger partial charge in [-0.05, 0) is 13.1 Å². The molecule has 0 radical (unpaired) electrons. The minimum Gasteiger partial charge on any atom is -0.487 e. The first-order valence-corrected chi connectivity index (χ1v) is 5.48. The van der Waals surface area contributed by atoms with Crippen LogP contribution >= 0.6 is 0 Å². The standard InChI is InChI=1S/C12H18N2O2/c1-14-8-11(9-14)16-12-6-4-3-5-10(12)7-13-15-2/h3-6,11,13H,7-9H2,1-2H3. The fourth-order valence-corrected chi connectivity index (χ4v) is 1.81. The molecule has 0 saturated carbocycles. The SMILES string of the molecule is CONCc1ccccc1OC1CN(C)C1. The van der Waals surface area contributed by atoms with E-state index in [9.17, 15) is 0 Å². The van der Waals surface area contributed by atoms with E-state index >= 15 is 0 Å². The minimum absolute atomic E-state index is 0.327. The van der Waals surface area contributed by atoms with Crippen LogP contribution in [-0.2, 0) is 11.4 Å². The molecule has 88 valence electrons. The predicted molar refractivity (Wildman–Crippen MR) is 62.2 cm³/mol. The lowest BCUT2D eigenvalue weighted by Crippen LogP contribution is -2.51. The van der Waals surface area contributed by atoms with Gasteiger partial charge in [0.25, 0.3) is 0 Å². The average molecular weight is 222 g/mol. The van der Waals surface area contributed by atoms with Crippen molar-refractivity contribution in [1.82, 2.24) is 10.4 Å². The van der Waals surface area contributed by atoms with Crippen LogP contribution in [-0.4, -0.2) is 38.3 Å². The largest absolute Gasteiger partial charge is 0.487 e. The molecule has 1 aliphatic rings. The van der Waals surface area contributed by atoms with E-state index in [2.05, 4.69) is 17.4 Å². The molecular weight excluding hydrogens is 204 g/mol. The van der Waals surface area contributed by atoms with Crippen molar-refractivity contribution in [2.75, 3.05) is 27.2 Å². The van der Waals surface area contributed by atoms with E-state index < -0.39 is 0 Å². The van der Waals surface area contributed by atoms with E-state index in [1.165, 1.54) is 0 Å². The van der Waals surface area contributed by atoms with E-state index in [0.29, 0.717) is 12.6 Å². The molecule has 0 aliphatic carbocycles. The lowest BCUT2D eigenvalue weighted by atomic mass is 10.1. The predicted octanol–water partition coefficient (Wildman–Crippen LogP) is 1.03. The molecule has 1 aromatic rings. The van der Waals surface area contributed by atoms with Crippen LogP contribution in [0.5, 0.6) is 5.75 Å². The average Bonchev–Trinajstić information content (AvgIpc) is 2.26. The highest BCUT2D eigenvalue weighted by Crippen LogP contribution is 2.21. The van der Waals surface area contributed by atoms with E-state index in [0.717, 1.165) is 24.4 Å². The Morgan fingerprint density at radius 1 is 1.38 bits per heavy atom. The van der Waals surface area contributed by atoms with Crippen molar-refractivity contribution in [2.24, 2.45) is 0 Å². The van der Waals surface area contributed by atoms with Crippen molar-refractivity contribution >= 4 is 0 Å². The third-order valence-corrected chi connectivity index (χ3v) is 2.70. The lowest BCUT2D eigenvalue weighted by Gasteiger charge is -2.36. The van der Waals surface area contributed by atoms with E-state index in [-0.39, 0.29) is 0 Å². The quantitative estimate of drug-likeness (QED) is 0.754. The number of nitrogens with one attached hydrogen (secondary N) is 1. The molecule has 1 heterocycles. The molecule has 1 aliphatic heterocycles. The summed E-state index contributed by atoms with van der Waals surface area (Å²) in [6, 6.07) is 8.05. The molecule has 0 spiro atoms. The molecule has 16 heavy (non-hydrogen) atoms. The highest BCUT2D eigenvalue weighted by Gasteiger charge is 2.25. The summed E-state index contributed by atoms with van der Waals surface area (Å²) in [4.78, 5) is 7.09. The summed E-state index contributed by atoms with van der Waals surface area (Å²) in [6.45, 7) is 2.67. The number of para-hydroxylation sites is 1. The van der Waals surface area contributed by atoms with Gasteiger partial charge in [0.2, 0.25) is 0 Å². The maximum absolute atomic E-state index is 5.91. The van der Waals surface area contributed by atoms with Crippen LogP contribution in [0.3, 0.4) is 0 Å². The molecule has 0 unspecified atom stereocenters. The first-order valence-electron chi connectivity index (χ1n) is 5.48. The van der Waals surface area contributed by atoms with Gasteiger partial charge in [-0.15, -0.1) is 0 Å². The third kappa shape index (κ3) is 2.72. The Labute approximate surface area is 96.1 Å². The van der Waals surface area contributed by atoms with Gasteiger partial charge in [-0.25, -0.2) is 0 Å². The molecule has 4 nitrogen and oxygen atoms in total. The van der Waals surface area contributed by atoms with E-state index in [1.54, 1.807) is 7.11 Å². The van der Waals surface area contributed by atoms with Crippen LogP contribution < -0.4 is 10.2 Å². The minimum atomic E-state index is 0.327. The Morgan fingerprint density at radius 2 is 2.12 bits per heavy atom. The number of hydrogen-bond acceptors (Lipinski definition) is 4. The summed E-state index contributed by atoms with van der Waals surface area (Å²) in [5, 5.41) is 0. The number of rotatable bonds is 5. The molecule has 1 saturated heterocycles. The molecule has 4 heteroatoms. The van der Waals surface area contributed by atoms with Crippen LogP contribution in [0.15, 0.2) is 24.3 Å². The Bertz CT molecular complexity index is 338. The fraction of sp³-hybridized carbons (Fsp3) is 0.500. The summed E-state index contributed by atoms with van der Waals surface area (Å²) in [5.74, 6) is 0.949. The van der Waals surface area contributed by atoms with Gasteiger partial charge in [0.15, 0.2) is 0 Å². The third-order valence-electron chi connectivity index (χ3n) is 2.70. The number of likely N-dealkylation sites (N-methyl/N-ethyl adjacent to an activating group) is 1. The lowest BCUT2D eigenvalue weighted by molar-refractivity contribution is 0.0366. The number of nitrogens with zero attached hydrogens (tertiary/aromatic N) is 1. The maximum Gasteiger partial charge on any atom is 0.124 e. The summed E-state index contributed by atoms with van der Waals surface area (Å²) in [6.07, 6.45) is 0.327. The molecule has 0 aromatic heterocycles. The smallest absolute Gasteiger partial charge is 0.124 e. The van der Waals surface area contributed by atoms with E-state index in [1.807, 2.05) is 24.3 Å². The highest BCUT2D eigenvalue weighted by molar-refractivity contribution is 5.33. The second-order valence-corrected chi connectivity index (χ2v) is 4.09. The topological polar surface area (TPSA) is 33.7 Å². The summed E-state index contributed by atoms with van der Waals surface area (Å²) >= 11 is 0. The number of hydroxylamine groups is 1. The number of hydrogen-bond donors (Lipinski definition) is 1. The van der Waals surface area contributed by atoms with Gasteiger partial charge in [0.1, 0.15) is 11.9 Å². The zero-order valence-corrected chi connectivity index (χ0v) is 9.77. The van der Waals surface area contributed by atoms with Gasteiger partial charge in [-0.2, -0.15) is 5.48 Å². The Kier molecular flexibility index (Phi) is 3.77. The summed E-state index contributed by atoms with van der Waals surface area (Å²) in [7, 11) is 3.71. The zero-order valence-electron chi connectivity index (χ0n) is 9.77. The Hall–Kier alpha value is -1.10. The van der Waals surface area contributed by atoms with Crippen molar-refractivity contribution in [1.29, 1.82) is 0 Å². The van der Waals surface area contributed by atoms with Gasteiger partial charge < -0.3 is 9.57 Å². The number of likely N-dealkylation sites (tertiary alicyclic amines) is 1. The van der Waals surface area contributed by atoms with Crippen molar-refractivity contribution in [2.45, 2.75) is 12.6 Å². The molecule has 2 rings (SSSR count). The van der Waals surface area contributed by atoms with Crippen LogP contribution in [0.25, 0.3) is 0 Å². The molecule has 0 atom stereocenters. The second-order valence-electron chi connectivity index (χ2n) is 4.09. The highest BCUT2D eigenvalue weighted by atomic mass is 16.6. The summed E-state index contributed by atoms with van der Waals surface area (Å²) < 4.78 is 5.91. The van der Waals surface area contributed by atoms with Crippen LogP contribution in [0, 0.1) is 0 Å². The maximum atomic E-state index is 5.91. The van der Waals surface area contributed by atoms with Crippen molar-refractivity contribution in [3.63, 3.8) is 0 Å². The molecule has 1 N–H and O–H groups in total. The fourth-order valence-electron chi connectivity index (χ4n) is 1.81. The zero-order chi connectivity index (χ0) is 11.4. The molecule has 1 aromatic carbocycles. The van der Waals surface area contributed by atoms with Crippen molar-refractivity contribution < 1.29 is 9.57 Å². The normalized spacial score (nSPS) is 17.1. The first kappa shape index (κ1) is 11.4. The van der Waals surface area contributed by atoms with Gasteiger partial charge in [-0.3, -0.25) is 4.90 Å². The number of ether oxygens (including phenoxy) is 1. The summed E-state index contributed by atoms with van der Waals surface area (Å²) in [5.41, 5.74) is 3.96. The molecular formula is C12H18N2O2. The van der Waals surface area contributed by atoms with Gasteiger partial charge in [-0.1, -0.05) is 18.2 Å². The molecule has 0 bridgehead atoms. The van der Waals surface area contributed by atoms with Crippen LogP contribution in [0.2, 0.25) is 0 Å². The van der Waals surface area contributed by atoms with Gasteiger partial charge in [0.05, 0.1) is 7.11 Å². The van der Waals surface area contributed by atoms with Crippen molar-refractivity contribution in [3.8, 4) is 5.75 Å². The Morgan fingerprint density at radius 3 is 2.81 bits per heavy atom. The van der Waals surface area contributed by atoms with Gasteiger partial charge >= 0.3 is 0 Å². The second kappa shape index (κ2) is 5.30. The van der Waals surface area contributed by atoms with Crippen LogP contribution in [0.1, 0.15) is 5.56 Å². The van der Waals surface area contributed by atoms with Gasteiger partial charge in [0, 0.05) is 25.2 Å². The Balaban J connectivity index is 1.96.